The van der Waals surface area contributed by atoms with Crippen molar-refractivity contribution >= 4 is 17.9 Å². The number of methoxy groups -OCH3 is 1. The van der Waals surface area contributed by atoms with E-state index in [0.717, 1.165) is 19.2 Å². The zero-order chi connectivity index (χ0) is 22.8. The summed E-state index contributed by atoms with van der Waals surface area (Å²) in [5, 5.41) is 0. The van der Waals surface area contributed by atoms with Gasteiger partial charge in [-0.15, -0.1) is 0 Å². The number of nitrogens with zero attached hydrogens (tertiary/aromatic N) is 1. The van der Waals surface area contributed by atoms with Crippen molar-refractivity contribution < 1.29 is 32.3 Å². The monoisotopic (exact) mass is 437 g/mol. The summed E-state index contributed by atoms with van der Waals surface area (Å²) in [6.07, 6.45) is 2.59. The highest BCUT2D eigenvalue weighted by atomic mass is 19.3. The van der Waals surface area contributed by atoms with Gasteiger partial charge in [0.1, 0.15) is 5.76 Å². The van der Waals surface area contributed by atoms with Crippen LogP contribution in [0, 0.1) is 0 Å². The minimum atomic E-state index is -2.98. The molecule has 1 heterocycles. The normalized spacial score (nSPS) is 11.2. The Balaban J connectivity index is 1.89. The Labute approximate surface area is 178 Å². The molecule has 0 aliphatic heterocycles. The van der Waals surface area contributed by atoms with Crippen LogP contribution in [0.25, 0.3) is 6.08 Å². The summed E-state index contributed by atoms with van der Waals surface area (Å²) in [4.78, 5) is 26.2. The molecule has 0 aliphatic carbocycles. The molecule has 0 atom stereocenters. The maximum atomic E-state index is 12.4. The predicted octanol–water partition coefficient (Wildman–Crippen LogP) is 3.21. The lowest BCUT2D eigenvalue weighted by Gasteiger charge is -2.15. The molecule has 0 saturated carbocycles. The quantitative estimate of drug-likeness (QED) is 0.438. The molecule has 2 N–H and O–H groups in total. The number of hydrazine groups is 1. The van der Waals surface area contributed by atoms with Gasteiger partial charge in [0.25, 0.3) is 5.91 Å². The Morgan fingerprint density at radius 1 is 1.13 bits per heavy atom. The van der Waals surface area contributed by atoms with Crippen molar-refractivity contribution in [1.29, 1.82) is 0 Å². The fraction of sp³-hybridized carbons (Fsp3) is 0.333. The van der Waals surface area contributed by atoms with E-state index in [9.17, 15) is 18.4 Å². The van der Waals surface area contributed by atoms with Crippen LogP contribution in [-0.4, -0.2) is 43.5 Å². The van der Waals surface area contributed by atoms with Gasteiger partial charge in [-0.3, -0.25) is 25.3 Å². The molecule has 0 fully saturated rings. The summed E-state index contributed by atoms with van der Waals surface area (Å²) in [6, 6.07) is 7.45. The standard InChI is InChI=1S/C21H25F2N3O5/c1-4-26(5-2)13-15-8-10-17(30-15)20(28)25-24-19(27)11-7-14-6-9-16(31-21(22)23)18(12-14)29-3/h6-12,21H,4-5,13H2,1-3H3,(H,24,27)(H,25,28)/b11-7+. The van der Waals surface area contributed by atoms with E-state index in [2.05, 4.69) is 20.5 Å². The molecule has 10 heteroatoms. The number of nitrogens with one attached hydrogen (secondary N) is 2. The molecule has 31 heavy (non-hydrogen) atoms. The van der Waals surface area contributed by atoms with E-state index < -0.39 is 18.4 Å². The van der Waals surface area contributed by atoms with Gasteiger partial charge in [0.15, 0.2) is 17.3 Å². The van der Waals surface area contributed by atoms with Crippen molar-refractivity contribution in [2.45, 2.75) is 27.0 Å². The lowest BCUT2D eigenvalue weighted by molar-refractivity contribution is -0.117. The number of carbonyl (C=O) groups is 2. The van der Waals surface area contributed by atoms with Gasteiger partial charge in [0.2, 0.25) is 0 Å². The minimum absolute atomic E-state index is 0.0748. The fourth-order valence-electron chi connectivity index (χ4n) is 2.63. The van der Waals surface area contributed by atoms with E-state index in [4.69, 9.17) is 9.15 Å². The maximum absolute atomic E-state index is 12.4. The van der Waals surface area contributed by atoms with Gasteiger partial charge in [-0.1, -0.05) is 19.9 Å². The lowest BCUT2D eigenvalue weighted by Crippen LogP contribution is -2.40. The maximum Gasteiger partial charge on any atom is 0.387 e. The predicted molar refractivity (Wildman–Crippen MR) is 110 cm³/mol. The van der Waals surface area contributed by atoms with Crippen LogP contribution in [0.5, 0.6) is 11.5 Å². The van der Waals surface area contributed by atoms with Crippen molar-refractivity contribution in [3.8, 4) is 11.5 Å². The van der Waals surface area contributed by atoms with Gasteiger partial charge >= 0.3 is 12.5 Å². The molecular weight excluding hydrogens is 412 g/mol. The Morgan fingerprint density at radius 3 is 2.52 bits per heavy atom. The summed E-state index contributed by atoms with van der Waals surface area (Å²) in [5.74, 6) is -0.503. The van der Waals surface area contributed by atoms with E-state index in [-0.39, 0.29) is 17.3 Å². The Kier molecular flexibility index (Phi) is 9.01. The molecule has 0 unspecified atom stereocenters. The second-order valence-electron chi connectivity index (χ2n) is 6.29. The van der Waals surface area contributed by atoms with E-state index in [1.54, 1.807) is 6.07 Å². The molecule has 2 amide bonds. The van der Waals surface area contributed by atoms with Crippen molar-refractivity contribution in [2.75, 3.05) is 20.2 Å². The van der Waals surface area contributed by atoms with Crippen LogP contribution in [0.2, 0.25) is 0 Å². The summed E-state index contributed by atoms with van der Waals surface area (Å²) < 4.78 is 39.6. The topological polar surface area (TPSA) is 93.0 Å². The largest absolute Gasteiger partial charge is 0.493 e. The summed E-state index contributed by atoms with van der Waals surface area (Å²) in [7, 11) is 1.31. The molecule has 1 aromatic carbocycles. The first-order chi connectivity index (χ1) is 14.9. The molecule has 0 saturated heterocycles. The van der Waals surface area contributed by atoms with Crippen LogP contribution in [0.3, 0.4) is 0 Å². The molecule has 168 valence electrons. The first-order valence-corrected chi connectivity index (χ1v) is 9.58. The average molecular weight is 437 g/mol. The highest BCUT2D eigenvalue weighted by molar-refractivity contribution is 5.96. The number of benzene rings is 1. The number of rotatable bonds is 10. The molecule has 0 radical (unpaired) electrons. The van der Waals surface area contributed by atoms with Crippen LogP contribution in [0.1, 0.15) is 35.7 Å². The zero-order valence-corrected chi connectivity index (χ0v) is 17.5. The number of carbonyl (C=O) groups excluding carboxylic acids is 2. The number of amides is 2. The number of hydrogen-bond donors (Lipinski definition) is 2. The van der Waals surface area contributed by atoms with Crippen LogP contribution in [-0.2, 0) is 11.3 Å². The SMILES string of the molecule is CCN(CC)Cc1ccc(C(=O)NNC(=O)/C=C/c2ccc(OC(F)F)c(OC)c2)o1. The van der Waals surface area contributed by atoms with Gasteiger partial charge in [0.05, 0.1) is 13.7 Å². The van der Waals surface area contributed by atoms with Gasteiger partial charge in [-0.25, -0.2) is 0 Å². The molecular formula is C21H25F2N3O5. The molecule has 2 aromatic rings. The number of alkyl halides is 2. The second kappa shape index (κ2) is 11.7. The highest BCUT2D eigenvalue weighted by Gasteiger charge is 2.13. The van der Waals surface area contributed by atoms with Gasteiger partial charge < -0.3 is 13.9 Å². The van der Waals surface area contributed by atoms with Crippen molar-refractivity contribution in [1.82, 2.24) is 15.8 Å². The van der Waals surface area contributed by atoms with E-state index >= 15 is 0 Å². The highest BCUT2D eigenvalue weighted by Crippen LogP contribution is 2.29. The molecule has 0 aliphatic rings. The summed E-state index contributed by atoms with van der Waals surface area (Å²) in [6.45, 7) is 3.38. The van der Waals surface area contributed by atoms with Crippen molar-refractivity contribution in [2.24, 2.45) is 0 Å². The van der Waals surface area contributed by atoms with E-state index in [1.807, 2.05) is 13.8 Å². The van der Waals surface area contributed by atoms with Crippen LogP contribution < -0.4 is 20.3 Å². The number of halogens is 2. The van der Waals surface area contributed by atoms with Gasteiger partial charge in [-0.2, -0.15) is 8.78 Å². The summed E-state index contributed by atoms with van der Waals surface area (Å²) in [5.41, 5.74) is 5.00. The van der Waals surface area contributed by atoms with Crippen LogP contribution >= 0.6 is 0 Å². The fourth-order valence-corrected chi connectivity index (χ4v) is 2.63. The van der Waals surface area contributed by atoms with Gasteiger partial charge in [0, 0.05) is 6.08 Å². The molecule has 1 aromatic heterocycles. The first-order valence-electron chi connectivity index (χ1n) is 9.58. The van der Waals surface area contributed by atoms with E-state index in [0.29, 0.717) is 17.9 Å². The molecule has 0 bridgehead atoms. The third-order valence-corrected chi connectivity index (χ3v) is 4.29. The second-order valence-corrected chi connectivity index (χ2v) is 6.29. The first kappa shape index (κ1) is 23.9. The van der Waals surface area contributed by atoms with Gasteiger partial charge in [-0.05, 0) is 49.0 Å². The Hall–Kier alpha value is -3.40. The third-order valence-electron chi connectivity index (χ3n) is 4.29. The van der Waals surface area contributed by atoms with E-state index in [1.165, 1.54) is 37.5 Å². The Morgan fingerprint density at radius 2 is 1.87 bits per heavy atom. The molecule has 8 nitrogen and oxygen atoms in total. The molecule has 0 spiro atoms. The summed E-state index contributed by atoms with van der Waals surface area (Å²) >= 11 is 0. The average Bonchev–Trinajstić information content (AvgIpc) is 3.23. The van der Waals surface area contributed by atoms with Crippen LogP contribution in [0.4, 0.5) is 8.78 Å². The minimum Gasteiger partial charge on any atom is -0.493 e. The Bertz CT molecular complexity index is 910. The molecule has 2 rings (SSSR count). The number of furan rings is 1. The smallest absolute Gasteiger partial charge is 0.387 e. The van der Waals surface area contributed by atoms with Crippen molar-refractivity contribution in [3.05, 3.63) is 53.5 Å². The lowest BCUT2D eigenvalue weighted by atomic mass is 10.2. The number of hydrogen-bond acceptors (Lipinski definition) is 6. The zero-order valence-electron chi connectivity index (χ0n) is 17.5. The van der Waals surface area contributed by atoms with Crippen molar-refractivity contribution in [3.63, 3.8) is 0 Å². The third kappa shape index (κ3) is 7.41. The number of ether oxygens (including phenoxy) is 2. The van der Waals surface area contributed by atoms with Crippen LogP contribution in [0.15, 0.2) is 40.8 Å².